The summed E-state index contributed by atoms with van der Waals surface area (Å²) in [5.74, 6) is 0.0800. The minimum Gasteiger partial charge on any atom is -0.297 e. The molecule has 1 aliphatic heterocycles. The zero-order valence-electron chi connectivity index (χ0n) is 14.9. The molecule has 0 N–H and O–H groups in total. The number of fused-ring (bicyclic) bond motifs is 2. The third kappa shape index (κ3) is 2.28. The van der Waals surface area contributed by atoms with E-state index in [1.54, 1.807) is 6.21 Å². The Kier molecular flexibility index (Phi) is 3.98. The molecule has 1 aromatic rings. The summed E-state index contributed by atoms with van der Waals surface area (Å²) in [5.41, 5.74) is -0.0565. The number of carbonyl (C=O) groups is 2. The van der Waals surface area contributed by atoms with Gasteiger partial charge in [0.05, 0.1) is 5.92 Å². The fourth-order valence-electron chi connectivity index (χ4n) is 5.53. The molecule has 3 aliphatic rings. The highest BCUT2D eigenvalue weighted by Crippen LogP contribution is 2.56. The Hall–Kier alpha value is -2.03. The van der Waals surface area contributed by atoms with Crippen molar-refractivity contribution < 1.29 is 9.59 Å². The Morgan fingerprint density at radius 3 is 2.56 bits per heavy atom. The molecule has 0 radical (unpaired) electrons. The van der Waals surface area contributed by atoms with Crippen LogP contribution in [0.15, 0.2) is 47.5 Å². The van der Waals surface area contributed by atoms with Gasteiger partial charge in [0.15, 0.2) is 5.78 Å². The Labute approximate surface area is 149 Å². The first kappa shape index (κ1) is 16.4. The fourth-order valence-corrected chi connectivity index (χ4v) is 5.53. The minimum atomic E-state index is -0.992. The molecule has 1 heterocycles. The Bertz CT molecular complexity index is 751. The van der Waals surface area contributed by atoms with Gasteiger partial charge in [-0.2, -0.15) is 0 Å². The van der Waals surface area contributed by atoms with Crippen molar-refractivity contribution >= 4 is 17.9 Å². The molecule has 0 bridgehead atoms. The van der Waals surface area contributed by atoms with E-state index in [1.807, 2.05) is 37.3 Å². The summed E-state index contributed by atoms with van der Waals surface area (Å²) in [6.45, 7) is 4.23. The second-order valence-electron chi connectivity index (χ2n) is 7.98. The third-order valence-electron chi connectivity index (χ3n) is 6.71. The minimum absolute atomic E-state index is 0.0549. The maximum absolute atomic E-state index is 13.8. The van der Waals surface area contributed by atoms with Crippen LogP contribution in [0.5, 0.6) is 0 Å². The van der Waals surface area contributed by atoms with Crippen LogP contribution in [0.25, 0.3) is 0 Å². The Morgan fingerprint density at radius 1 is 1.04 bits per heavy atom. The SMILES string of the molecule is C[C@@H]1C=C[C@@H]2CCC[C@H](C)[C@H]2[C@]12C(=O)N=CC(c1ccccc1)C2=O. The molecule has 25 heavy (non-hydrogen) atoms. The van der Waals surface area contributed by atoms with Crippen molar-refractivity contribution in [1.29, 1.82) is 0 Å². The van der Waals surface area contributed by atoms with Gasteiger partial charge in [-0.3, -0.25) is 9.59 Å². The molecule has 3 heteroatoms. The summed E-state index contributed by atoms with van der Waals surface area (Å²) in [6.07, 6.45) is 9.25. The van der Waals surface area contributed by atoms with Crippen molar-refractivity contribution in [3.8, 4) is 0 Å². The second-order valence-corrected chi connectivity index (χ2v) is 7.98. The van der Waals surface area contributed by atoms with Gasteiger partial charge in [-0.25, -0.2) is 4.99 Å². The molecule has 2 aliphatic carbocycles. The van der Waals surface area contributed by atoms with Crippen molar-refractivity contribution in [3.63, 3.8) is 0 Å². The predicted octanol–water partition coefficient (Wildman–Crippen LogP) is 4.20. The van der Waals surface area contributed by atoms with E-state index in [4.69, 9.17) is 0 Å². The lowest BCUT2D eigenvalue weighted by Crippen LogP contribution is -2.59. The fraction of sp³-hybridized carbons (Fsp3) is 0.500. The van der Waals surface area contributed by atoms with Crippen LogP contribution in [-0.2, 0) is 9.59 Å². The molecule has 1 spiro atoms. The number of allylic oxidation sites excluding steroid dienone is 2. The van der Waals surface area contributed by atoms with Crippen LogP contribution in [-0.4, -0.2) is 17.9 Å². The number of aliphatic imine (C=N–C) groups is 1. The standard InChI is InChI=1S/C22H25NO2/c1-14-7-6-10-17-12-11-15(2)22(19(14)17)20(24)18(13-23-21(22)25)16-8-4-3-5-9-16/h3-5,8-9,11-15,17-19H,6-7,10H2,1-2H3/t14-,15+,17-,18?,19+,22+/m0/s1. The number of hydrogen-bond donors (Lipinski definition) is 0. The summed E-state index contributed by atoms with van der Waals surface area (Å²) >= 11 is 0. The van der Waals surface area contributed by atoms with Crippen LogP contribution in [0.1, 0.15) is 44.6 Å². The molecule has 1 aromatic carbocycles. The predicted molar refractivity (Wildman–Crippen MR) is 98.4 cm³/mol. The lowest BCUT2D eigenvalue weighted by Gasteiger charge is -2.52. The number of carbonyl (C=O) groups excluding carboxylic acids is 2. The normalized spacial score (nSPS) is 40.3. The molecule has 1 unspecified atom stereocenters. The largest absolute Gasteiger partial charge is 0.297 e. The average molecular weight is 335 g/mol. The van der Waals surface area contributed by atoms with E-state index in [1.165, 1.54) is 6.42 Å². The van der Waals surface area contributed by atoms with Gasteiger partial charge in [0.25, 0.3) is 5.91 Å². The summed E-state index contributed by atoms with van der Waals surface area (Å²) in [4.78, 5) is 31.2. The van der Waals surface area contributed by atoms with Gasteiger partial charge in [-0.05, 0) is 35.7 Å². The second kappa shape index (κ2) is 6.05. The molecule has 1 amide bonds. The van der Waals surface area contributed by atoms with Crippen LogP contribution in [0.4, 0.5) is 0 Å². The highest BCUT2D eigenvalue weighted by atomic mass is 16.2. The van der Waals surface area contributed by atoms with E-state index in [0.717, 1.165) is 18.4 Å². The topological polar surface area (TPSA) is 46.5 Å². The van der Waals surface area contributed by atoms with Gasteiger partial charge in [-0.1, -0.05) is 69.2 Å². The molecule has 130 valence electrons. The molecule has 0 aromatic heterocycles. The lowest BCUT2D eigenvalue weighted by molar-refractivity contribution is -0.154. The molecule has 1 saturated carbocycles. The first-order valence-corrected chi connectivity index (χ1v) is 9.43. The van der Waals surface area contributed by atoms with Gasteiger partial charge >= 0.3 is 0 Å². The quantitative estimate of drug-likeness (QED) is 0.570. The highest BCUT2D eigenvalue weighted by Gasteiger charge is 2.62. The highest BCUT2D eigenvalue weighted by molar-refractivity contribution is 6.20. The van der Waals surface area contributed by atoms with Gasteiger partial charge in [0.2, 0.25) is 0 Å². The summed E-state index contributed by atoms with van der Waals surface area (Å²) < 4.78 is 0. The maximum Gasteiger partial charge on any atom is 0.259 e. The van der Waals surface area contributed by atoms with Crippen molar-refractivity contribution in [2.75, 3.05) is 0 Å². The van der Waals surface area contributed by atoms with Crippen LogP contribution in [0, 0.1) is 29.1 Å². The van der Waals surface area contributed by atoms with Crippen molar-refractivity contribution in [1.82, 2.24) is 0 Å². The first-order valence-electron chi connectivity index (χ1n) is 9.43. The average Bonchev–Trinajstić information content (AvgIpc) is 2.62. The number of amides is 1. The summed E-state index contributed by atoms with van der Waals surface area (Å²) in [7, 11) is 0. The number of nitrogens with zero attached hydrogens (tertiary/aromatic N) is 1. The maximum atomic E-state index is 13.8. The molecular formula is C22H25NO2. The van der Waals surface area contributed by atoms with E-state index >= 15 is 0 Å². The molecule has 6 atom stereocenters. The summed E-state index contributed by atoms with van der Waals surface area (Å²) in [6, 6.07) is 9.75. The van der Waals surface area contributed by atoms with Crippen molar-refractivity contribution in [3.05, 3.63) is 48.0 Å². The number of rotatable bonds is 1. The van der Waals surface area contributed by atoms with Crippen molar-refractivity contribution in [2.45, 2.75) is 39.0 Å². The van der Waals surface area contributed by atoms with Gasteiger partial charge in [0.1, 0.15) is 5.41 Å². The van der Waals surface area contributed by atoms with Gasteiger partial charge in [-0.15, -0.1) is 0 Å². The lowest BCUT2D eigenvalue weighted by atomic mass is 9.49. The zero-order chi connectivity index (χ0) is 17.6. The molecule has 4 rings (SSSR count). The Balaban J connectivity index is 1.86. The zero-order valence-corrected chi connectivity index (χ0v) is 14.9. The number of benzene rings is 1. The van der Waals surface area contributed by atoms with E-state index < -0.39 is 11.3 Å². The van der Waals surface area contributed by atoms with Crippen LogP contribution >= 0.6 is 0 Å². The van der Waals surface area contributed by atoms with Crippen LogP contribution in [0.3, 0.4) is 0 Å². The van der Waals surface area contributed by atoms with Gasteiger partial charge in [0, 0.05) is 6.21 Å². The number of ketones is 1. The number of hydrogen-bond acceptors (Lipinski definition) is 2. The first-order chi connectivity index (χ1) is 12.1. The smallest absolute Gasteiger partial charge is 0.259 e. The molecule has 0 saturated heterocycles. The number of Topliss-reactive ketones (excluding diaryl/α,β-unsaturated/α-hetero) is 1. The Morgan fingerprint density at radius 2 is 1.80 bits per heavy atom. The molecule has 3 nitrogen and oxygen atoms in total. The van der Waals surface area contributed by atoms with E-state index in [0.29, 0.717) is 11.8 Å². The monoisotopic (exact) mass is 335 g/mol. The van der Waals surface area contributed by atoms with E-state index in [2.05, 4.69) is 24.1 Å². The summed E-state index contributed by atoms with van der Waals surface area (Å²) in [5, 5.41) is 0. The molecular weight excluding hydrogens is 310 g/mol. The van der Waals surface area contributed by atoms with Crippen LogP contribution < -0.4 is 0 Å². The third-order valence-corrected chi connectivity index (χ3v) is 6.71. The van der Waals surface area contributed by atoms with Crippen LogP contribution in [0.2, 0.25) is 0 Å². The van der Waals surface area contributed by atoms with Gasteiger partial charge < -0.3 is 0 Å². The van der Waals surface area contributed by atoms with Crippen molar-refractivity contribution in [2.24, 2.45) is 34.1 Å². The van der Waals surface area contributed by atoms with E-state index in [9.17, 15) is 9.59 Å². The molecule has 1 fully saturated rings. The van der Waals surface area contributed by atoms with E-state index in [-0.39, 0.29) is 23.5 Å².